The molecule has 1 aliphatic heterocycles. The molecule has 24 heavy (non-hydrogen) atoms. The molecule has 0 bridgehead atoms. The molecule has 1 saturated heterocycles. The number of carbonyl (C=O) groups excluding carboxylic acids is 1. The van der Waals surface area contributed by atoms with Gasteiger partial charge in [0.15, 0.2) is 0 Å². The Morgan fingerprint density at radius 1 is 1.33 bits per heavy atom. The number of amides is 2. The molecule has 0 saturated carbocycles. The van der Waals surface area contributed by atoms with Crippen molar-refractivity contribution in [1.82, 2.24) is 10.6 Å². The average molecular weight is 334 g/mol. The van der Waals surface area contributed by atoms with Gasteiger partial charge in [0.1, 0.15) is 0 Å². The van der Waals surface area contributed by atoms with Crippen LogP contribution in [0.3, 0.4) is 0 Å². The molecule has 134 valence electrons. The van der Waals surface area contributed by atoms with E-state index in [1.165, 1.54) is 0 Å². The quantitative estimate of drug-likeness (QED) is 0.717. The number of carbonyl (C=O) groups is 1. The SMILES string of the molecule is CC(C)C1OCCCC1CNC(=O)NC(CO)Cc1ccccc1. The highest BCUT2D eigenvalue weighted by molar-refractivity contribution is 5.74. The second-order valence-electron chi connectivity index (χ2n) is 6.91. The monoisotopic (exact) mass is 334 g/mol. The molecule has 2 amide bonds. The molecule has 5 heteroatoms. The third-order valence-electron chi connectivity index (χ3n) is 4.56. The summed E-state index contributed by atoms with van der Waals surface area (Å²) in [6, 6.07) is 9.35. The first-order valence-corrected chi connectivity index (χ1v) is 8.91. The number of urea groups is 1. The van der Waals surface area contributed by atoms with Crippen LogP contribution in [0, 0.1) is 11.8 Å². The Morgan fingerprint density at radius 3 is 2.75 bits per heavy atom. The zero-order valence-electron chi connectivity index (χ0n) is 14.7. The first-order valence-electron chi connectivity index (χ1n) is 8.91. The van der Waals surface area contributed by atoms with E-state index in [9.17, 15) is 9.90 Å². The van der Waals surface area contributed by atoms with Gasteiger partial charge in [-0.2, -0.15) is 0 Å². The summed E-state index contributed by atoms with van der Waals surface area (Å²) in [5.41, 5.74) is 1.09. The fraction of sp³-hybridized carbons (Fsp3) is 0.632. The number of ether oxygens (including phenoxy) is 1. The number of hydrogen-bond acceptors (Lipinski definition) is 3. The first kappa shape index (κ1) is 18.7. The van der Waals surface area contributed by atoms with E-state index in [-0.39, 0.29) is 24.8 Å². The van der Waals surface area contributed by atoms with E-state index < -0.39 is 0 Å². The summed E-state index contributed by atoms with van der Waals surface area (Å²) in [6.45, 7) is 5.66. The molecule has 0 radical (unpaired) electrons. The van der Waals surface area contributed by atoms with Crippen molar-refractivity contribution in [2.24, 2.45) is 11.8 Å². The summed E-state index contributed by atoms with van der Waals surface area (Å²) in [5, 5.41) is 15.3. The van der Waals surface area contributed by atoms with Gasteiger partial charge >= 0.3 is 6.03 Å². The number of hydrogen-bond donors (Lipinski definition) is 3. The van der Waals surface area contributed by atoms with Crippen LogP contribution in [0.1, 0.15) is 32.3 Å². The maximum absolute atomic E-state index is 12.1. The molecule has 1 aromatic carbocycles. The minimum Gasteiger partial charge on any atom is -0.394 e. The molecule has 5 nitrogen and oxygen atoms in total. The molecule has 2 rings (SSSR count). The van der Waals surface area contributed by atoms with Crippen LogP contribution in [0.2, 0.25) is 0 Å². The third kappa shape index (κ3) is 5.80. The Kier molecular flexibility index (Phi) is 7.53. The summed E-state index contributed by atoms with van der Waals surface area (Å²) < 4.78 is 5.85. The van der Waals surface area contributed by atoms with E-state index in [0.717, 1.165) is 25.0 Å². The largest absolute Gasteiger partial charge is 0.394 e. The van der Waals surface area contributed by atoms with E-state index >= 15 is 0 Å². The van der Waals surface area contributed by atoms with Gasteiger partial charge < -0.3 is 20.5 Å². The smallest absolute Gasteiger partial charge is 0.315 e. The molecule has 1 aromatic rings. The van der Waals surface area contributed by atoms with E-state index in [1.807, 2.05) is 30.3 Å². The fourth-order valence-electron chi connectivity index (χ4n) is 3.34. The van der Waals surface area contributed by atoms with Gasteiger partial charge in [-0.3, -0.25) is 0 Å². The highest BCUT2D eigenvalue weighted by atomic mass is 16.5. The summed E-state index contributed by atoms with van der Waals surface area (Å²) in [4.78, 5) is 12.1. The van der Waals surface area contributed by atoms with Crippen molar-refractivity contribution in [2.45, 2.75) is 45.3 Å². The van der Waals surface area contributed by atoms with Crippen molar-refractivity contribution in [1.29, 1.82) is 0 Å². The van der Waals surface area contributed by atoms with Gasteiger partial charge in [0, 0.05) is 19.1 Å². The van der Waals surface area contributed by atoms with Crippen molar-refractivity contribution in [2.75, 3.05) is 19.8 Å². The minimum absolute atomic E-state index is 0.0799. The standard InChI is InChI=1S/C19H30N2O3/c1-14(2)18-16(9-6-10-24-18)12-20-19(23)21-17(13-22)11-15-7-4-3-5-8-15/h3-5,7-8,14,16-18,22H,6,9-13H2,1-2H3,(H2,20,21,23). The second kappa shape index (κ2) is 9.64. The van der Waals surface area contributed by atoms with E-state index in [2.05, 4.69) is 24.5 Å². The Morgan fingerprint density at radius 2 is 2.08 bits per heavy atom. The van der Waals surface area contributed by atoms with Crippen LogP contribution in [-0.4, -0.2) is 43.0 Å². The molecule has 0 spiro atoms. The van der Waals surface area contributed by atoms with Gasteiger partial charge in [0.05, 0.1) is 18.8 Å². The lowest BCUT2D eigenvalue weighted by Gasteiger charge is -2.34. The van der Waals surface area contributed by atoms with Crippen molar-refractivity contribution < 1.29 is 14.6 Å². The number of benzene rings is 1. The predicted molar refractivity (Wildman–Crippen MR) is 94.9 cm³/mol. The van der Waals surface area contributed by atoms with Crippen molar-refractivity contribution >= 4 is 6.03 Å². The molecule has 3 atom stereocenters. The maximum atomic E-state index is 12.1. The second-order valence-corrected chi connectivity index (χ2v) is 6.91. The number of aliphatic hydroxyl groups excluding tert-OH is 1. The first-order chi connectivity index (χ1) is 11.6. The van der Waals surface area contributed by atoms with Crippen LogP contribution < -0.4 is 10.6 Å². The highest BCUT2D eigenvalue weighted by Gasteiger charge is 2.28. The van der Waals surface area contributed by atoms with Crippen LogP contribution >= 0.6 is 0 Å². The van der Waals surface area contributed by atoms with Gasteiger partial charge in [-0.15, -0.1) is 0 Å². The molecule has 0 aliphatic carbocycles. The van der Waals surface area contributed by atoms with Crippen LogP contribution in [-0.2, 0) is 11.2 Å². The zero-order chi connectivity index (χ0) is 17.4. The fourth-order valence-corrected chi connectivity index (χ4v) is 3.34. The highest BCUT2D eigenvalue weighted by Crippen LogP contribution is 2.25. The number of rotatable bonds is 7. The third-order valence-corrected chi connectivity index (χ3v) is 4.56. The van der Waals surface area contributed by atoms with Crippen LogP contribution in [0.5, 0.6) is 0 Å². The van der Waals surface area contributed by atoms with Gasteiger partial charge in [0.25, 0.3) is 0 Å². The lowest BCUT2D eigenvalue weighted by atomic mass is 9.87. The molecule has 1 aliphatic rings. The van der Waals surface area contributed by atoms with Gasteiger partial charge in [0.2, 0.25) is 0 Å². The summed E-state index contributed by atoms with van der Waals surface area (Å²) in [5.74, 6) is 0.801. The average Bonchev–Trinajstić information content (AvgIpc) is 2.60. The van der Waals surface area contributed by atoms with Gasteiger partial charge in [-0.25, -0.2) is 4.79 Å². The Balaban J connectivity index is 1.78. The molecular weight excluding hydrogens is 304 g/mol. The lowest BCUT2D eigenvalue weighted by Crippen LogP contribution is -2.48. The lowest BCUT2D eigenvalue weighted by molar-refractivity contribution is -0.0508. The summed E-state index contributed by atoms with van der Waals surface area (Å²) in [6.07, 6.45) is 2.95. The molecule has 3 unspecified atom stereocenters. The molecule has 3 N–H and O–H groups in total. The van der Waals surface area contributed by atoms with Crippen molar-refractivity contribution in [3.8, 4) is 0 Å². The van der Waals surface area contributed by atoms with E-state index in [0.29, 0.717) is 24.8 Å². The van der Waals surface area contributed by atoms with Gasteiger partial charge in [-0.1, -0.05) is 44.2 Å². The van der Waals surface area contributed by atoms with Crippen molar-refractivity contribution in [3.05, 3.63) is 35.9 Å². The Labute approximate surface area is 144 Å². The van der Waals surface area contributed by atoms with Gasteiger partial charge in [-0.05, 0) is 30.7 Å². The number of nitrogens with one attached hydrogen (secondary N) is 2. The molecular formula is C19H30N2O3. The molecule has 1 heterocycles. The predicted octanol–water partition coefficient (Wildman–Crippen LogP) is 2.34. The van der Waals surface area contributed by atoms with Crippen molar-refractivity contribution in [3.63, 3.8) is 0 Å². The zero-order valence-corrected chi connectivity index (χ0v) is 14.7. The van der Waals surface area contributed by atoms with Crippen LogP contribution in [0.4, 0.5) is 4.79 Å². The molecule has 1 fully saturated rings. The van der Waals surface area contributed by atoms with E-state index in [1.54, 1.807) is 0 Å². The van der Waals surface area contributed by atoms with Crippen LogP contribution in [0.15, 0.2) is 30.3 Å². The Hall–Kier alpha value is -1.59. The maximum Gasteiger partial charge on any atom is 0.315 e. The summed E-state index contributed by atoms with van der Waals surface area (Å²) >= 11 is 0. The normalized spacial score (nSPS) is 22.2. The summed E-state index contributed by atoms with van der Waals surface area (Å²) in [7, 11) is 0. The Bertz CT molecular complexity index is 493. The number of aliphatic hydroxyl groups is 1. The minimum atomic E-state index is -0.282. The topological polar surface area (TPSA) is 70.6 Å². The van der Waals surface area contributed by atoms with Crippen LogP contribution in [0.25, 0.3) is 0 Å². The molecule has 0 aromatic heterocycles. The van der Waals surface area contributed by atoms with E-state index in [4.69, 9.17) is 4.74 Å².